The normalized spacial score (nSPS) is 11.8. The SMILES string of the molecule is CN=C(NCc1nc(-c2ccco2)n[nH]1)N(C)Cc1cc(Cl)cn1C. The molecule has 0 bridgehead atoms. The second kappa shape index (κ2) is 7.43. The number of nitrogens with zero attached hydrogens (tertiary/aromatic N) is 5. The second-order valence-corrected chi connectivity index (χ2v) is 6.04. The van der Waals surface area contributed by atoms with Crippen LogP contribution in [-0.4, -0.2) is 44.7 Å². The summed E-state index contributed by atoms with van der Waals surface area (Å²) >= 11 is 6.04. The quantitative estimate of drug-likeness (QED) is 0.537. The van der Waals surface area contributed by atoms with Crippen molar-refractivity contribution < 1.29 is 4.42 Å². The Morgan fingerprint density at radius 1 is 1.52 bits per heavy atom. The van der Waals surface area contributed by atoms with Crippen molar-refractivity contribution >= 4 is 17.6 Å². The van der Waals surface area contributed by atoms with E-state index in [0.717, 1.165) is 16.7 Å². The maximum atomic E-state index is 6.04. The van der Waals surface area contributed by atoms with Crippen molar-refractivity contribution in [2.45, 2.75) is 13.1 Å². The Kier molecular flexibility index (Phi) is 5.08. The lowest BCUT2D eigenvalue weighted by molar-refractivity contribution is 0.460. The van der Waals surface area contributed by atoms with Gasteiger partial charge in [0.15, 0.2) is 11.7 Å². The summed E-state index contributed by atoms with van der Waals surface area (Å²) in [6.07, 6.45) is 3.47. The van der Waals surface area contributed by atoms with Crippen molar-refractivity contribution in [2.24, 2.45) is 12.0 Å². The van der Waals surface area contributed by atoms with Gasteiger partial charge in [-0.2, -0.15) is 0 Å². The molecule has 0 aliphatic heterocycles. The molecule has 0 saturated heterocycles. The molecule has 0 aromatic carbocycles. The highest BCUT2D eigenvalue weighted by Gasteiger charge is 2.12. The molecule has 0 radical (unpaired) electrons. The Bertz CT molecular complexity index is 850. The van der Waals surface area contributed by atoms with E-state index in [1.54, 1.807) is 19.4 Å². The number of nitrogens with one attached hydrogen (secondary N) is 2. The molecule has 0 unspecified atom stereocenters. The summed E-state index contributed by atoms with van der Waals surface area (Å²) in [6, 6.07) is 5.56. The number of halogens is 1. The van der Waals surface area contributed by atoms with Gasteiger partial charge in [0.25, 0.3) is 0 Å². The molecule has 0 atom stereocenters. The first-order chi connectivity index (χ1) is 12.1. The molecule has 0 spiro atoms. The van der Waals surface area contributed by atoms with Crippen molar-refractivity contribution in [3.8, 4) is 11.6 Å². The molecule has 0 aliphatic carbocycles. The molecular weight excluding hydrogens is 342 g/mol. The van der Waals surface area contributed by atoms with Crippen LogP contribution in [0.4, 0.5) is 0 Å². The molecule has 0 saturated carbocycles. The third kappa shape index (κ3) is 4.03. The molecular formula is C16H20ClN7O. The number of hydrogen-bond acceptors (Lipinski definition) is 4. The van der Waals surface area contributed by atoms with Gasteiger partial charge >= 0.3 is 0 Å². The van der Waals surface area contributed by atoms with Crippen molar-refractivity contribution in [1.29, 1.82) is 0 Å². The molecule has 3 heterocycles. The Hall–Kier alpha value is -2.74. The van der Waals surface area contributed by atoms with E-state index in [2.05, 4.69) is 25.5 Å². The van der Waals surface area contributed by atoms with Crippen LogP contribution in [0.5, 0.6) is 0 Å². The molecule has 0 aliphatic rings. The largest absolute Gasteiger partial charge is 0.461 e. The third-order valence-electron chi connectivity index (χ3n) is 3.73. The highest BCUT2D eigenvalue weighted by Crippen LogP contribution is 2.15. The number of aromatic nitrogens is 4. The molecule has 3 aromatic heterocycles. The van der Waals surface area contributed by atoms with E-state index in [0.29, 0.717) is 30.5 Å². The van der Waals surface area contributed by atoms with E-state index in [9.17, 15) is 0 Å². The van der Waals surface area contributed by atoms with E-state index in [1.807, 2.05) is 41.9 Å². The van der Waals surface area contributed by atoms with Crippen molar-refractivity contribution in [3.05, 3.63) is 47.2 Å². The Labute approximate surface area is 150 Å². The summed E-state index contributed by atoms with van der Waals surface area (Å²) in [6.45, 7) is 1.15. The van der Waals surface area contributed by atoms with Gasteiger partial charge in [0.2, 0.25) is 5.82 Å². The average Bonchev–Trinajstić information content (AvgIpc) is 3.30. The zero-order valence-corrected chi connectivity index (χ0v) is 15.1. The van der Waals surface area contributed by atoms with E-state index in [1.165, 1.54) is 0 Å². The smallest absolute Gasteiger partial charge is 0.216 e. The van der Waals surface area contributed by atoms with Crippen LogP contribution in [0.2, 0.25) is 5.02 Å². The fourth-order valence-corrected chi connectivity index (χ4v) is 2.75. The number of aliphatic imine (C=N–C) groups is 1. The zero-order valence-electron chi connectivity index (χ0n) is 14.3. The molecule has 132 valence electrons. The van der Waals surface area contributed by atoms with Crippen LogP contribution in [0.1, 0.15) is 11.5 Å². The van der Waals surface area contributed by atoms with Gasteiger partial charge in [0.05, 0.1) is 24.4 Å². The van der Waals surface area contributed by atoms with Crippen LogP contribution in [0.3, 0.4) is 0 Å². The van der Waals surface area contributed by atoms with Gasteiger partial charge in [0.1, 0.15) is 5.82 Å². The number of hydrogen-bond donors (Lipinski definition) is 2. The van der Waals surface area contributed by atoms with Crippen LogP contribution in [0.15, 0.2) is 40.1 Å². The minimum absolute atomic E-state index is 0.471. The first kappa shape index (κ1) is 17.1. The van der Waals surface area contributed by atoms with Gasteiger partial charge in [-0.15, -0.1) is 5.10 Å². The van der Waals surface area contributed by atoms with Crippen molar-refractivity contribution in [1.82, 2.24) is 30.0 Å². The number of H-pyrrole nitrogens is 1. The summed E-state index contributed by atoms with van der Waals surface area (Å²) in [7, 11) is 5.67. The minimum atomic E-state index is 0.471. The van der Waals surface area contributed by atoms with Crippen molar-refractivity contribution in [3.63, 3.8) is 0 Å². The molecule has 0 amide bonds. The van der Waals surface area contributed by atoms with E-state index >= 15 is 0 Å². The fraction of sp³-hybridized carbons (Fsp3) is 0.312. The first-order valence-corrected chi connectivity index (χ1v) is 8.12. The molecule has 0 fully saturated rings. The maximum absolute atomic E-state index is 6.04. The summed E-state index contributed by atoms with van der Waals surface area (Å²) in [5, 5.41) is 11.0. The molecule has 3 rings (SSSR count). The van der Waals surface area contributed by atoms with Crippen LogP contribution in [0, 0.1) is 0 Å². The van der Waals surface area contributed by atoms with Crippen LogP contribution in [0.25, 0.3) is 11.6 Å². The molecule has 9 heteroatoms. The Morgan fingerprint density at radius 2 is 2.36 bits per heavy atom. The molecule has 25 heavy (non-hydrogen) atoms. The van der Waals surface area contributed by atoms with Crippen LogP contribution >= 0.6 is 11.6 Å². The molecule has 8 nitrogen and oxygen atoms in total. The summed E-state index contributed by atoms with van der Waals surface area (Å²) in [4.78, 5) is 10.7. The Balaban J connectivity index is 1.60. The van der Waals surface area contributed by atoms with Gasteiger partial charge in [-0.25, -0.2) is 4.98 Å². The van der Waals surface area contributed by atoms with Gasteiger partial charge in [-0.1, -0.05) is 11.6 Å². The lowest BCUT2D eigenvalue weighted by atomic mass is 10.4. The lowest BCUT2D eigenvalue weighted by Gasteiger charge is -2.21. The third-order valence-corrected chi connectivity index (χ3v) is 3.94. The maximum Gasteiger partial charge on any atom is 0.216 e. The Morgan fingerprint density at radius 3 is 3.00 bits per heavy atom. The molecule has 3 aromatic rings. The summed E-state index contributed by atoms with van der Waals surface area (Å²) in [5.74, 6) is 2.60. The van der Waals surface area contributed by atoms with Gasteiger partial charge < -0.3 is 19.2 Å². The predicted molar refractivity (Wildman–Crippen MR) is 96.2 cm³/mol. The number of aryl methyl sites for hydroxylation is 1. The summed E-state index contributed by atoms with van der Waals surface area (Å²) in [5.41, 5.74) is 1.09. The summed E-state index contributed by atoms with van der Waals surface area (Å²) < 4.78 is 7.29. The highest BCUT2D eigenvalue weighted by atomic mass is 35.5. The monoisotopic (exact) mass is 361 g/mol. The first-order valence-electron chi connectivity index (χ1n) is 7.74. The van der Waals surface area contributed by atoms with E-state index in [-0.39, 0.29) is 0 Å². The van der Waals surface area contributed by atoms with Crippen LogP contribution in [-0.2, 0) is 20.1 Å². The van der Waals surface area contributed by atoms with Gasteiger partial charge in [-0.05, 0) is 18.2 Å². The molecule has 2 N–H and O–H groups in total. The standard InChI is InChI=1S/C16H20ClN7O/c1-18-16(24(3)10-12-7-11(17)9-23(12)2)19-8-14-20-15(22-21-14)13-5-4-6-25-13/h4-7,9H,8,10H2,1-3H3,(H,18,19)(H,20,21,22). The number of furan rings is 1. The van der Waals surface area contributed by atoms with Crippen molar-refractivity contribution in [2.75, 3.05) is 14.1 Å². The lowest BCUT2D eigenvalue weighted by Crippen LogP contribution is -2.38. The van der Waals surface area contributed by atoms with Crippen LogP contribution < -0.4 is 5.32 Å². The predicted octanol–water partition coefficient (Wildman–Crippen LogP) is 2.26. The number of aromatic amines is 1. The highest BCUT2D eigenvalue weighted by molar-refractivity contribution is 6.30. The van der Waals surface area contributed by atoms with Gasteiger partial charge in [-0.3, -0.25) is 10.1 Å². The second-order valence-electron chi connectivity index (χ2n) is 5.60. The number of guanidine groups is 1. The minimum Gasteiger partial charge on any atom is -0.461 e. The fourth-order valence-electron chi connectivity index (χ4n) is 2.48. The van der Waals surface area contributed by atoms with Gasteiger partial charge in [0, 0.05) is 33.0 Å². The number of rotatable bonds is 5. The van der Waals surface area contributed by atoms with E-state index in [4.69, 9.17) is 16.0 Å². The zero-order chi connectivity index (χ0) is 17.8. The topological polar surface area (TPSA) is 87.3 Å². The average molecular weight is 362 g/mol. The van der Waals surface area contributed by atoms with E-state index < -0.39 is 0 Å².